The van der Waals surface area contributed by atoms with Crippen LogP contribution in [0.25, 0.3) is 0 Å². The number of nitrogens with zero attached hydrogens (tertiary/aromatic N) is 5. The Hall–Kier alpha value is -2.87. The fraction of sp³-hybridized carbons (Fsp3) is 0.381. The first-order chi connectivity index (χ1) is 14.2. The third kappa shape index (κ3) is 4.27. The van der Waals surface area contributed by atoms with Gasteiger partial charge in [0.1, 0.15) is 17.7 Å². The summed E-state index contributed by atoms with van der Waals surface area (Å²) in [5, 5.41) is 12.4. The summed E-state index contributed by atoms with van der Waals surface area (Å²) < 4.78 is 29.1. The predicted octanol–water partition coefficient (Wildman–Crippen LogP) is 1.86. The van der Waals surface area contributed by atoms with Crippen molar-refractivity contribution in [2.45, 2.75) is 25.9 Å². The molecule has 1 aliphatic rings. The predicted molar refractivity (Wildman–Crippen MR) is 106 cm³/mol. The van der Waals surface area contributed by atoms with Gasteiger partial charge in [-0.15, -0.1) is 5.10 Å². The molecule has 4 rings (SSSR count). The van der Waals surface area contributed by atoms with E-state index in [-0.39, 0.29) is 17.7 Å². The molecule has 0 amide bonds. The zero-order chi connectivity index (χ0) is 20.2. The highest BCUT2D eigenvalue weighted by atomic mass is 19.1. The molecule has 2 heterocycles. The first-order valence-corrected chi connectivity index (χ1v) is 10.00. The van der Waals surface area contributed by atoms with Crippen LogP contribution in [0, 0.1) is 11.6 Å². The van der Waals surface area contributed by atoms with Crippen LogP contribution in [0.3, 0.4) is 0 Å². The van der Waals surface area contributed by atoms with E-state index in [1.807, 2.05) is 12.1 Å². The number of hydrogen-bond donors (Lipinski definition) is 1. The maximum atomic E-state index is 14.1. The number of para-hydroxylation sites is 1. The molecule has 2 aromatic carbocycles. The van der Waals surface area contributed by atoms with Gasteiger partial charge in [-0.05, 0) is 40.3 Å². The summed E-state index contributed by atoms with van der Waals surface area (Å²) in [4.78, 5) is 3.50. The number of nitrogens with one attached hydrogen (secondary N) is 1. The second-order valence-electron chi connectivity index (χ2n) is 7.38. The lowest BCUT2D eigenvalue weighted by molar-refractivity contribution is -0.933. The Bertz CT molecular complexity index is 934. The molecule has 0 spiro atoms. The summed E-state index contributed by atoms with van der Waals surface area (Å²) in [6, 6.07) is 13.5. The molecule has 0 unspecified atom stereocenters. The molecule has 0 radical (unpaired) electrons. The Balaban J connectivity index is 1.46. The lowest BCUT2D eigenvalue weighted by Gasteiger charge is -2.37. The maximum absolute atomic E-state index is 14.1. The van der Waals surface area contributed by atoms with Gasteiger partial charge in [0.05, 0.1) is 38.4 Å². The van der Waals surface area contributed by atoms with E-state index in [9.17, 15) is 8.78 Å². The van der Waals surface area contributed by atoms with Crippen LogP contribution in [-0.4, -0.2) is 46.4 Å². The molecule has 1 N–H and O–H groups in total. The monoisotopic (exact) mass is 399 g/mol. The summed E-state index contributed by atoms with van der Waals surface area (Å²) in [5.74, 6) is 0.409. The maximum Gasteiger partial charge on any atom is 0.209 e. The zero-order valence-electron chi connectivity index (χ0n) is 16.4. The topological polar surface area (TPSA) is 51.3 Å². The molecule has 0 saturated carbocycles. The molecule has 29 heavy (non-hydrogen) atoms. The van der Waals surface area contributed by atoms with Crippen molar-refractivity contribution in [1.29, 1.82) is 0 Å². The quantitative estimate of drug-likeness (QED) is 0.688. The van der Waals surface area contributed by atoms with Gasteiger partial charge in [0, 0.05) is 6.42 Å². The molecule has 3 aromatic rings. The van der Waals surface area contributed by atoms with Crippen molar-refractivity contribution >= 4 is 5.69 Å². The van der Waals surface area contributed by atoms with E-state index in [1.165, 1.54) is 23.1 Å². The van der Waals surface area contributed by atoms with E-state index in [2.05, 4.69) is 27.3 Å². The molecule has 8 heteroatoms. The minimum atomic E-state index is -0.255. The van der Waals surface area contributed by atoms with Gasteiger partial charge in [-0.25, -0.2) is 13.5 Å². The van der Waals surface area contributed by atoms with Gasteiger partial charge in [-0.2, -0.15) is 0 Å². The molecule has 1 fully saturated rings. The molecule has 6 nitrogen and oxygen atoms in total. The number of rotatable bonds is 6. The van der Waals surface area contributed by atoms with Crippen molar-refractivity contribution in [2.75, 3.05) is 31.1 Å². The van der Waals surface area contributed by atoms with Gasteiger partial charge < -0.3 is 9.80 Å². The number of aromatic nitrogens is 4. The van der Waals surface area contributed by atoms with Crippen LogP contribution < -0.4 is 9.80 Å². The number of quaternary nitrogens is 1. The third-order valence-electron chi connectivity index (χ3n) is 5.62. The molecular weight excluding hydrogens is 374 g/mol. The first-order valence-electron chi connectivity index (χ1n) is 10.00. The van der Waals surface area contributed by atoms with Crippen molar-refractivity contribution < 1.29 is 13.7 Å². The summed E-state index contributed by atoms with van der Waals surface area (Å²) >= 11 is 0. The van der Waals surface area contributed by atoms with Crippen molar-refractivity contribution in [3.05, 3.63) is 71.6 Å². The smallest absolute Gasteiger partial charge is 0.209 e. The van der Waals surface area contributed by atoms with Gasteiger partial charge >= 0.3 is 0 Å². The van der Waals surface area contributed by atoms with E-state index >= 15 is 0 Å². The Morgan fingerprint density at radius 2 is 1.76 bits per heavy atom. The summed E-state index contributed by atoms with van der Waals surface area (Å²) in [6.45, 7) is 5.98. The van der Waals surface area contributed by atoms with E-state index in [0.29, 0.717) is 12.2 Å². The van der Waals surface area contributed by atoms with Crippen molar-refractivity contribution in [3.63, 3.8) is 0 Å². The van der Waals surface area contributed by atoms with Gasteiger partial charge in [0.25, 0.3) is 0 Å². The summed E-state index contributed by atoms with van der Waals surface area (Å²) in [5.41, 5.74) is 1.62. The highest BCUT2D eigenvalue weighted by Crippen LogP contribution is 2.19. The fourth-order valence-corrected chi connectivity index (χ4v) is 4.08. The van der Waals surface area contributed by atoms with Crippen LogP contribution in [0.4, 0.5) is 14.5 Å². The molecule has 152 valence electrons. The number of hydrogen-bond acceptors (Lipinski definition) is 4. The lowest BCUT2D eigenvalue weighted by Crippen LogP contribution is -3.15. The van der Waals surface area contributed by atoms with Gasteiger partial charge in [-0.3, -0.25) is 0 Å². The van der Waals surface area contributed by atoms with Gasteiger partial charge in [0.15, 0.2) is 0 Å². The SMILES string of the molecule is CC[C@@H](c1nnnn1Cc1ccc(F)cc1)[NH+]1CCN(c2ccccc2F)CC1. The number of halogens is 2. The van der Waals surface area contributed by atoms with E-state index in [4.69, 9.17) is 0 Å². The lowest BCUT2D eigenvalue weighted by atomic mass is 10.1. The average Bonchev–Trinajstić information content (AvgIpc) is 3.19. The van der Waals surface area contributed by atoms with E-state index in [1.54, 1.807) is 22.9 Å². The van der Waals surface area contributed by atoms with Crippen molar-refractivity contribution in [2.24, 2.45) is 0 Å². The third-order valence-corrected chi connectivity index (χ3v) is 5.62. The van der Waals surface area contributed by atoms with Crippen LogP contribution in [0.2, 0.25) is 0 Å². The number of tetrazole rings is 1. The van der Waals surface area contributed by atoms with Crippen LogP contribution >= 0.6 is 0 Å². The van der Waals surface area contributed by atoms with E-state index in [0.717, 1.165) is 44.0 Å². The fourth-order valence-electron chi connectivity index (χ4n) is 4.08. The first kappa shape index (κ1) is 19.4. The Morgan fingerprint density at radius 1 is 1.03 bits per heavy atom. The largest absolute Gasteiger partial charge is 0.358 e. The Kier molecular flexibility index (Phi) is 5.80. The van der Waals surface area contributed by atoms with Crippen LogP contribution in [-0.2, 0) is 6.54 Å². The van der Waals surface area contributed by atoms with Crippen LogP contribution in [0.5, 0.6) is 0 Å². The van der Waals surface area contributed by atoms with Gasteiger partial charge in [-0.1, -0.05) is 31.2 Å². The second-order valence-corrected chi connectivity index (χ2v) is 7.38. The van der Waals surface area contributed by atoms with Gasteiger partial charge in [0.2, 0.25) is 5.82 Å². The molecule has 1 saturated heterocycles. The molecule has 1 atom stereocenters. The van der Waals surface area contributed by atoms with Crippen LogP contribution in [0.1, 0.15) is 30.8 Å². The molecule has 1 aromatic heterocycles. The normalized spacial score (nSPS) is 16.2. The zero-order valence-corrected chi connectivity index (χ0v) is 16.4. The second kappa shape index (κ2) is 8.65. The van der Waals surface area contributed by atoms with Crippen LogP contribution in [0.15, 0.2) is 48.5 Å². The minimum absolute atomic E-state index is 0.160. The van der Waals surface area contributed by atoms with Crippen molar-refractivity contribution in [3.8, 4) is 0 Å². The van der Waals surface area contributed by atoms with E-state index < -0.39 is 0 Å². The number of piperazine rings is 1. The standard InChI is InChI=1S/C21H24F2N6/c1-2-19(21-24-25-26-29(21)15-16-7-9-17(22)10-8-16)27-11-13-28(14-12-27)20-6-4-3-5-18(20)23/h3-10,19H,2,11-15H2,1H3/p+1/t19-/m0/s1. The highest BCUT2D eigenvalue weighted by Gasteiger charge is 2.32. The molecule has 1 aliphatic heterocycles. The van der Waals surface area contributed by atoms with Crippen molar-refractivity contribution in [1.82, 2.24) is 20.2 Å². The molecular formula is C21H25F2N6+. The summed E-state index contributed by atoms with van der Waals surface area (Å²) in [7, 11) is 0. The number of anilines is 1. The minimum Gasteiger partial charge on any atom is -0.358 e. The Labute approximate surface area is 168 Å². The number of benzene rings is 2. The molecule has 0 bridgehead atoms. The Morgan fingerprint density at radius 3 is 2.45 bits per heavy atom. The molecule has 0 aliphatic carbocycles. The highest BCUT2D eigenvalue weighted by molar-refractivity contribution is 5.47. The summed E-state index contributed by atoms with van der Waals surface area (Å²) in [6.07, 6.45) is 0.902. The average molecular weight is 399 g/mol.